The van der Waals surface area contributed by atoms with Crippen molar-refractivity contribution in [3.8, 4) is 11.5 Å². The summed E-state index contributed by atoms with van der Waals surface area (Å²) >= 11 is 0. The molecule has 0 unspecified atom stereocenters. The van der Waals surface area contributed by atoms with E-state index in [1.165, 1.54) is 11.1 Å². The molecular formula is C23H32N2O3. The fourth-order valence-corrected chi connectivity index (χ4v) is 2.97. The van der Waals surface area contributed by atoms with Gasteiger partial charge in [-0.15, -0.1) is 0 Å². The summed E-state index contributed by atoms with van der Waals surface area (Å²) in [7, 11) is 5.16. The molecule has 1 amide bonds. The summed E-state index contributed by atoms with van der Waals surface area (Å²) in [5.41, 5.74) is 3.62. The lowest BCUT2D eigenvalue weighted by Crippen LogP contribution is -2.34. The first-order valence-electron chi connectivity index (χ1n) is 9.48. The summed E-state index contributed by atoms with van der Waals surface area (Å²) in [4.78, 5) is 14.3. The average Bonchev–Trinajstić information content (AvgIpc) is 2.65. The molecule has 0 aliphatic heterocycles. The highest BCUT2D eigenvalue weighted by molar-refractivity contribution is 5.78. The van der Waals surface area contributed by atoms with Crippen LogP contribution in [-0.2, 0) is 23.3 Å². The van der Waals surface area contributed by atoms with Gasteiger partial charge in [-0.25, -0.2) is 0 Å². The van der Waals surface area contributed by atoms with E-state index >= 15 is 0 Å². The van der Waals surface area contributed by atoms with Crippen LogP contribution in [0.25, 0.3) is 0 Å². The summed E-state index contributed by atoms with van der Waals surface area (Å²) in [6, 6.07) is 14.2. The molecule has 0 heterocycles. The second-order valence-corrected chi connectivity index (χ2v) is 8.09. The predicted molar refractivity (Wildman–Crippen MR) is 113 cm³/mol. The van der Waals surface area contributed by atoms with E-state index in [4.69, 9.17) is 9.47 Å². The molecule has 0 atom stereocenters. The van der Waals surface area contributed by atoms with Gasteiger partial charge in [-0.05, 0) is 41.3 Å². The van der Waals surface area contributed by atoms with Crippen molar-refractivity contribution in [2.45, 2.75) is 39.3 Å². The molecule has 0 aliphatic rings. The molecule has 0 bridgehead atoms. The molecule has 2 rings (SSSR count). The number of carbonyl (C=O) groups is 1. The van der Waals surface area contributed by atoms with Gasteiger partial charge in [-0.1, -0.05) is 51.1 Å². The van der Waals surface area contributed by atoms with Crippen LogP contribution < -0.4 is 14.8 Å². The van der Waals surface area contributed by atoms with Crippen LogP contribution in [0, 0.1) is 0 Å². The first kappa shape index (κ1) is 21.8. The summed E-state index contributed by atoms with van der Waals surface area (Å²) in [5.74, 6) is 1.32. The van der Waals surface area contributed by atoms with Gasteiger partial charge < -0.3 is 14.8 Å². The number of rotatable bonds is 8. The largest absolute Gasteiger partial charge is 0.493 e. The van der Waals surface area contributed by atoms with Gasteiger partial charge in [0.2, 0.25) is 5.91 Å². The number of ether oxygens (including phenoxy) is 2. The molecule has 152 valence electrons. The lowest BCUT2D eigenvalue weighted by atomic mass is 9.87. The fraction of sp³-hybridized carbons (Fsp3) is 0.435. The van der Waals surface area contributed by atoms with E-state index in [0.717, 1.165) is 12.1 Å². The lowest BCUT2D eigenvalue weighted by molar-refractivity contribution is -0.122. The first-order valence-corrected chi connectivity index (χ1v) is 9.48. The highest BCUT2D eigenvalue weighted by Gasteiger charge is 2.13. The highest BCUT2D eigenvalue weighted by Crippen LogP contribution is 2.27. The smallest absolute Gasteiger partial charge is 0.234 e. The Balaban J connectivity index is 1.84. The van der Waals surface area contributed by atoms with Crippen LogP contribution in [0.4, 0.5) is 0 Å². The van der Waals surface area contributed by atoms with Gasteiger partial charge >= 0.3 is 0 Å². The molecule has 0 spiro atoms. The maximum atomic E-state index is 12.3. The summed E-state index contributed by atoms with van der Waals surface area (Å²) < 4.78 is 10.5. The number of amides is 1. The van der Waals surface area contributed by atoms with E-state index in [2.05, 4.69) is 50.4 Å². The fourth-order valence-electron chi connectivity index (χ4n) is 2.97. The molecule has 5 heteroatoms. The van der Waals surface area contributed by atoms with Crippen LogP contribution in [0.15, 0.2) is 42.5 Å². The van der Waals surface area contributed by atoms with Gasteiger partial charge in [0, 0.05) is 13.1 Å². The zero-order valence-corrected chi connectivity index (χ0v) is 17.8. The minimum atomic E-state index is -0.0106. The van der Waals surface area contributed by atoms with Gasteiger partial charge in [0.25, 0.3) is 0 Å². The van der Waals surface area contributed by atoms with E-state index in [1.807, 2.05) is 30.1 Å². The van der Waals surface area contributed by atoms with E-state index < -0.39 is 0 Å². The first-order chi connectivity index (χ1) is 13.2. The third kappa shape index (κ3) is 6.27. The Hall–Kier alpha value is -2.53. The Kier molecular flexibility index (Phi) is 7.46. The van der Waals surface area contributed by atoms with Crippen molar-refractivity contribution in [3.05, 3.63) is 59.2 Å². The molecule has 2 aromatic rings. The van der Waals surface area contributed by atoms with Crippen LogP contribution >= 0.6 is 0 Å². The molecule has 0 saturated heterocycles. The van der Waals surface area contributed by atoms with Gasteiger partial charge in [0.05, 0.1) is 20.8 Å². The molecule has 0 aliphatic carbocycles. The maximum Gasteiger partial charge on any atom is 0.234 e. The van der Waals surface area contributed by atoms with Crippen molar-refractivity contribution in [2.75, 3.05) is 27.8 Å². The molecule has 0 saturated carbocycles. The Labute approximate surface area is 168 Å². The van der Waals surface area contributed by atoms with Crippen molar-refractivity contribution in [2.24, 2.45) is 0 Å². The highest BCUT2D eigenvalue weighted by atomic mass is 16.5. The molecule has 0 fully saturated rings. The molecule has 28 heavy (non-hydrogen) atoms. The Bertz CT molecular complexity index is 779. The van der Waals surface area contributed by atoms with Crippen LogP contribution in [0.3, 0.4) is 0 Å². The van der Waals surface area contributed by atoms with Crippen LogP contribution in [0.2, 0.25) is 0 Å². The normalized spacial score (nSPS) is 11.4. The van der Waals surface area contributed by atoms with E-state index in [-0.39, 0.29) is 11.3 Å². The van der Waals surface area contributed by atoms with Crippen molar-refractivity contribution >= 4 is 5.91 Å². The van der Waals surface area contributed by atoms with E-state index in [9.17, 15) is 4.79 Å². The Morgan fingerprint density at radius 1 is 0.964 bits per heavy atom. The maximum absolute atomic E-state index is 12.3. The molecule has 0 aromatic heterocycles. The SMILES string of the molecule is COc1ccc(CNC(=O)CN(C)Cc2ccc(C(C)(C)C)cc2)cc1OC. The Morgan fingerprint density at radius 2 is 1.57 bits per heavy atom. The number of nitrogens with one attached hydrogen (secondary N) is 1. The zero-order valence-electron chi connectivity index (χ0n) is 17.8. The van der Waals surface area contributed by atoms with E-state index in [1.54, 1.807) is 14.2 Å². The summed E-state index contributed by atoms with van der Waals surface area (Å²) in [6.45, 7) is 8.14. The minimum absolute atomic E-state index is 0.0106. The van der Waals surface area contributed by atoms with Gasteiger partial charge in [0.1, 0.15) is 0 Å². The molecule has 5 nitrogen and oxygen atoms in total. The summed E-state index contributed by atoms with van der Waals surface area (Å²) in [5, 5.41) is 2.96. The summed E-state index contributed by atoms with van der Waals surface area (Å²) in [6.07, 6.45) is 0. The Morgan fingerprint density at radius 3 is 2.14 bits per heavy atom. The van der Waals surface area contributed by atoms with Crippen molar-refractivity contribution in [1.29, 1.82) is 0 Å². The molecule has 0 radical (unpaired) electrons. The molecule has 2 aromatic carbocycles. The number of benzene rings is 2. The lowest BCUT2D eigenvalue weighted by Gasteiger charge is -2.20. The van der Waals surface area contributed by atoms with Crippen LogP contribution in [-0.4, -0.2) is 38.6 Å². The van der Waals surface area contributed by atoms with Gasteiger partial charge in [-0.3, -0.25) is 9.69 Å². The van der Waals surface area contributed by atoms with Crippen molar-refractivity contribution in [1.82, 2.24) is 10.2 Å². The standard InChI is InChI=1S/C23H32N2O3/c1-23(2,3)19-10-7-17(8-11-19)15-25(4)16-22(26)24-14-18-9-12-20(27-5)21(13-18)28-6/h7-13H,14-16H2,1-6H3,(H,24,26). The predicted octanol–water partition coefficient (Wildman–Crippen LogP) is 3.75. The topological polar surface area (TPSA) is 50.8 Å². The minimum Gasteiger partial charge on any atom is -0.493 e. The number of nitrogens with zero attached hydrogens (tertiary/aromatic N) is 1. The zero-order chi connectivity index (χ0) is 20.7. The second-order valence-electron chi connectivity index (χ2n) is 8.09. The average molecular weight is 385 g/mol. The molecular weight excluding hydrogens is 352 g/mol. The number of likely N-dealkylation sites (N-methyl/N-ethyl adjacent to an activating group) is 1. The van der Waals surface area contributed by atoms with Gasteiger partial charge in [-0.2, -0.15) is 0 Å². The number of carbonyl (C=O) groups excluding carboxylic acids is 1. The second kappa shape index (κ2) is 9.60. The van der Waals surface area contributed by atoms with E-state index in [0.29, 0.717) is 24.6 Å². The van der Waals surface area contributed by atoms with Crippen molar-refractivity contribution in [3.63, 3.8) is 0 Å². The third-order valence-electron chi connectivity index (χ3n) is 4.62. The number of hydrogen-bond donors (Lipinski definition) is 1. The van der Waals surface area contributed by atoms with Crippen molar-refractivity contribution < 1.29 is 14.3 Å². The monoisotopic (exact) mass is 384 g/mol. The van der Waals surface area contributed by atoms with Crippen LogP contribution in [0.1, 0.15) is 37.5 Å². The quantitative estimate of drug-likeness (QED) is 0.753. The molecule has 1 N–H and O–H groups in total. The van der Waals surface area contributed by atoms with Gasteiger partial charge in [0.15, 0.2) is 11.5 Å². The van der Waals surface area contributed by atoms with Crippen LogP contribution in [0.5, 0.6) is 11.5 Å². The number of hydrogen-bond acceptors (Lipinski definition) is 4. The number of methoxy groups -OCH3 is 2. The third-order valence-corrected chi connectivity index (χ3v) is 4.62.